The van der Waals surface area contributed by atoms with Crippen LogP contribution in [-0.2, 0) is 4.79 Å². The average Bonchev–Trinajstić information content (AvgIpc) is 2.37. The summed E-state index contributed by atoms with van der Waals surface area (Å²) in [6.07, 6.45) is 0.704. The summed E-state index contributed by atoms with van der Waals surface area (Å²) in [5, 5.41) is 11.0. The first-order valence-electron chi connectivity index (χ1n) is 6.51. The molecule has 5 nitrogen and oxygen atoms in total. The summed E-state index contributed by atoms with van der Waals surface area (Å²) < 4.78 is 5.62. The van der Waals surface area contributed by atoms with Crippen LogP contribution in [0.2, 0.25) is 0 Å². The number of hydrogen-bond acceptors (Lipinski definition) is 4. The van der Waals surface area contributed by atoms with Crippen molar-refractivity contribution in [2.24, 2.45) is 0 Å². The molecule has 0 saturated carbocycles. The van der Waals surface area contributed by atoms with Crippen molar-refractivity contribution < 1.29 is 14.7 Å². The summed E-state index contributed by atoms with van der Waals surface area (Å²) in [7, 11) is 1.63. The van der Waals surface area contributed by atoms with Crippen molar-refractivity contribution in [1.82, 2.24) is 5.06 Å². The van der Waals surface area contributed by atoms with E-state index in [0.717, 1.165) is 11.3 Å². The number of fused-ring (bicyclic) bond motifs is 1. The Hall–Kier alpha value is -1.59. The first-order chi connectivity index (χ1) is 9.06. The quantitative estimate of drug-likeness (QED) is 0.850. The first-order valence-corrected chi connectivity index (χ1v) is 6.51. The van der Waals surface area contributed by atoms with E-state index in [2.05, 4.69) is 0 Å². The zero-order chi connectivity index (χ0) is 14.0. The van der Waals surface area contributed by atoms with Crippen LogP contribution < -0.4 is 9.64 Å². The van der Waals surface area contributed by atoms with Crippen molar-refractivity contribution in [2.45, 2.75) is 26.3 Å². The Bertz CT molecular complexity index is 474. The molecule has 1 aliphatic rings. The second-order valence-corrected chi connectivity index (χ2v) is 4.68. The fourth-order valence-electron chi connectivity index (χ4n) is 2.59. The van der Waals surface area contributed by atoms with Crippen LogP contribution >= 0.6 is 0 Å². The van der Waals surface area contributed by atoms with Gasteiger partial charge in [0.05, 0.1) is 18.3 Å². The molecule has 1 aromatic rings. The van der Waals surface area contributed by atoms with E-state index >= 15 is 0 Å². The lowest BCUT2D eigenvalue weighted by atomic mass is 9.95. The molecular formula is C14H20N2O3. The van der Waals surface area contributed by atoms with Gasteiger partial charge < -0.3 is 14.8 Å². The topological polar surface area (TPSA) is 53.0 Å². The molecule has 1 amide bonds. The second kappa shape index (κ2) is 5.59. The van der Waals surface area contributed by atoms with E-state index in [-0.39, 0.29) is 11.9 Å². The number of ether oxygens (including phenoxy) is 1. The minimum Gasteiger partial charge on any atom is -0.492 e. The normalized spacial score (nSPS) is 18.4. The molecule has 5 heteroatoms. The van der Waals surface area contributed by atoms with Crippen LogP contribution in [0.5, 0.6) is 5.75 Å². The highest BCUT2D eigenvalue weighted by molar-refractivity contribution is 5.94. The number of amides is 1. The maximum absolute atomic E-state index is 11.8. The van der Waals surface area contributed by atoms with Crippen LogP contribution in [0.4, 0.5) is 5.69 Å². The monoisotopic (exact) mass is 264 g/mol. The van der Waals surface area contributed by atoms with Gasteiger partial charge in [0, 0.05) is 20.5 Å². The fraction of sp³-hybridized carbons (Fsp3) is 0.500. The molecule has 0 spiro atoms. The minimum absolute atomic E-state index is 0.00699. The number of carbonyl (C=O) groups is 1. The van der Waals surface area contributed by atoms with Gasteiger partial charge in [0.15, 0.2) is 0 Å². The van der Waals surface area contributed by atoms with E-state index in [4.69, 9.17) is 4.74 Å². The third kappa shape index (κ3) is 2.57. The summed E-state index contributed by atoms with van der Waals surface area (Å²) in [6, 6.07) is 5.58. The smallest absolute Gasteiger partial charge is 0.223 e. The lowest BCUT2D eigenvalue weighted by molar-refractivity contribution is -0.118. The molecule has 19 heavy (non-hydrogen) atoms. The third-order valence-electron chi connectivity index (χ3n) is 3.42. The minimum atomic E-state index is -0.106. The predicted octanol–water partition coefficient (Wildman–Crippen LogP) is 2.20. The van der Waals surface area contributed by atoms with E-state index < -0.39 is 0 Å². The van der Waals surface area contributed by atoms with E-state index in [1.165, 1.54) is 5.06 Å². The molecule has 104 valence electrons. The Morgan fingerprint density at radius 1 is 1.58 bits per heavy atom. The third-order valence-corrected chi connectivity index (χ3v) is 3.42. The van der Waals surface area contributed by atoms with Gasteiger partial charge in [-0.1, -0.05) is 12.1 Å². The Morgan fingerprint density at radius 2 is 2.32 bits per heavy atom. The van der Waals surface area contributed by atoms with Gasteiger partial charge in [0.1, 0.15) is 5.75 Å². The Labute approximate surface area is 113 Å². The maximum atomic E-state index is 11.8. The van der Waals surface area contributed by atoms with Gasteiger partial charge >= 0.3 is 0 Å². The van der Waals surface area contributed by atoms with Crippen LogP contribution in [0.1, 0.15) is 31.9 Å². The van der Waals surface area contributed by atoms with Crippen LogP contribution in [-0.4, -0.2) is 36.4 Å². The molecule has 1 unspecified atom stereocenters. The van der Waals surface area contributed by atoms with Gasteiger partial charge in [-0.2, -0.15) is 5.06 Å². The van der Waals surface area contributed by atoms with Crippen LogP contribution in [0.3, 0.4) is 0 Å². The Kier molecular flexibility index (Phi) is 4.07. The van der Waals surface area contributed by atoms with E-state index in [0.29, 0.717) is 25.3 Å². The summed E-state index contributed by atoms with van der Waals surface area (Å²) >= 11 is 0. The van der Waals surface area contributed by atoms with Gasteiger partial charge in [-0.25, -0.2) is 0 Å². The second-order valence-electron chi connectivity index (χ2n) is 4.68. The largest absolute Gasteiger partial charge is 0.492 e. The van der Waals surface area contributed by atoms with E-state index in [9.17, 15) is 10.0 Å². The van der Waals surface area contributed by atoms with Crippen LogP contribution in [0.15, 0.2) is 18.2 Å². The van der Waals surface area contributed by atoms with Gasteiger partial charge in [0.25, 0.3) is 0 Å². The summed E-state index contributed by atoms with van der Waals surface area (Å²) in [5.41, 5.74) is 1.71. The van der Waals surface area contributed by atoms with Gasteiger partial charge in [-0.3, -0.25) is 4.79 Å². The lowest BCUT2D eigenvalue weighted by Crippen LogP contribution is -2.38. The highest BCUT2D eigenvalue weighted by Gasteiger charge is 2.31. The van der Waals surface area contributed by atoms with E-state index in [1.807, 2.05) is 25.1 Å². The number of nitrogens with zero attached hydrogens (tertiary/aromatic N) is 2. The maximum Gasteiger partial charge on any atom is 0.223 e. The molecule has 1 N–H and O–H groups in total. The van der Waals surface area contributed by atoms with Crippen molar-refractivity contribution in [2.75, 3.05) is 25.1 Å². The molecule has 1 atom stereocenters. The molecule has 0 aliphatic carbocycles. The molecule has 0 radical (unpaired) electrons. The zero-order valence-corrected chi connectivity index (χ0v) is 11.6. The molecule has 0 saturated heterocycles. The summed E-state index contributed by atoms with van der Waals surface area (Å²) in [5.74, 6) is 0.689. The van der Waals surface area contributed by atoms with Crippen molar-refractivity contribution in [3.05, 3.63) is 23.8 Å². The molecule has 0 bridgehead atoms. The number of benzene rings is 1. The molecular weight excluding hydrogens is 244 g/mol. The van der Waals surface area contributed by atoms with Gasteiger partial charge in [0.2, 0.25) is 5.91 Å². The molecule has 0 aromatic heterocycles. The van der Waals surface area contributed by atoms with Crippen molar-refractivity contribution in [1.29, 1.82) is 0 Å². The molecule has 1 aliphatic heterocycles. The number of para-hydroxylation sites is 1. The summed E-state index contributed by atoms with van der Waals surface area (Å²) in [6.45, 7) is 4.59. The van der Waals surface area contributed by atoms with E-state index in [1.54, 1.807) is 18.9 Å². The molecule has 0 fully saturated rings. The average molecular weight is 264 g/mol. The standard InChI is InChI=1S/C14H20N2O3/c1-4-19-13-7-5-6-11-12(15(3)18)8-9-16(10(2)17)14(11)13/h5-7,12,18H,4,8-9H2,1-3H3. The number of rotatable bonds is 3. The van der Waals surface area contributed by atoms with Crippen LogP contribution in [0.25, 0.3) is 0 Å². The SMILES string of the molecule is CCOc1cccc2c1N(C(C)=O)CCC2N(C)O. The van der Waals surface area contributed by atoms with Crippen molar-refractivity contribution >= 4 is 11.6 Å². The van der Waals surface area contributed by atoms with Crippen LogP contribution in [0, 0.1) is 0 Å². The Balaban J connectivity index is 2.53. The number of anilines is 1. The zero-order valence-electron chi connectivity index (χ0n) is 11.6. The number of hydroxylamine groups is 2. The van der Waals surface area contributed by atoms with Gasteiger partial charge in [-0.15, -0.1) is 0 Å². The lowest BCUT2D eigenvalue weighted by Gasteiger charge is -2.36. The van der Waals surface area contributed by atoms with Gasteiger partial charge in [-0.05, 0) is 25.0 Å². The highest BCUT2D eigenvalue weighted by atomic mass is 16.5. The molecule has 1 aromatic carbocycles. The van der Waals surface area contributed by atoms with Crippen molar-refractivity contribution in [3.63, 3.8) is 0 Å². The predicted molar refractivity (Wildman–Crippen MR) is 72.5 cm³/mol. The summed E-state index contributed by atoms with van der Waals surface area (Å²) in [4.78, 5) is 13.5. The number of hydrogen-bond donors (Lipinski definition) is 1. The van der Waals surface area contributed by atoms with Crippen molar-refractivity contribution in [3.8, 4) is 5.75 Å². The Morgan fingerprint density at radius 3 is 2.89 bits per heavy atom. The highest BCUT2D eigenvalue weighted by Crippen LogP contribution is 2.42. The first kappa shape index (κ1) is 13.8. The molecule has 2 rings (SSSR count). The number of carbonyl (C=O) groups excluding carboxylic acids is 1. The fourth-order valence-corrected chi connectivity index (χ4v) is 2.59. The molecule has 1 heterocycles.